The van der Waals surface area contributed by atoms with E-state index in [1.807, 2.05) is 44.2 Å². The summed E-state index contributed by atoms with van der Waals surface area (Å²) in [6, 6.07) is 11.7. The zero-order valence-electron chi connectivity index (χ0n) is 15.5. The van der Waals surface area contributed by atoms with Gasteiger partial charge in [-0.2, -0.15) is 0 Å². The largest absolute Gasteiger partial charge is 0.393 e. The van der Waals surface area contributed by atoms with Crippen LogP contribution in [0.5, 0.6) is 0 Å². The van der Waals surface area contributed by atoms with Crippen LogP contribution in [0.25, 0.3) is 0 Å². The molecule has 140 valence electrons. The van der Waals surface area contributed by atoms with Gasteiger partial charge in [0.25, 0.3) is 5.91 Å². The average Bonchev–Trinajstić information content (AvgIpc) is 3.13. The first-order chi connectivity index (χ1) is 12.6. The van der Waals surface area contributed by atoms with Crippen LogP contribution in [0, 0.1) is 0 Å². The first kappa shape index (κ1) is 18.6. The summed E-state index contributed by atoms with van der Waals surface area (Å²) in [6.07, 6.45) is 1.35. The van der Waals surface area contributed by atoms with Crippen LogP contribution in [0.1, 0.15) is 54.5 Å². The van der Waals surface area contributed by atoms with Gasteiger partial charge in [0.15, 0.2) is 11.5 Å². The number of aliphatic hydroxyl groups excluding tert-OH is 1. The second kappa shape index (κ2) is 8.47. The van der Waals surface area contributed by atoms with Crippen molar-refractivity contribution in [2.24, 2.45) is 0 Å². The number of aliphatic hydroxyl groups is 1. The van der Waals surface area contributed by atoms with Crippen LogP contribution in [0.2, 0.25) is 0 Å². The van der Waals surface area contributed by atoms with Crippen LogP contribution >= 0.6 is 0 Å². The highest BCUT2D eigenvalue weighted by molar-refractivity contribution is 5.92. The van der Waals surface area contributed by atoms with Gasteiger partial charge >= 0.3 is 0 Å². The molecule has 1 aliphatic rings. The Morgan fingerprint density at radius 2 is 2.04 bits per heavy atom. The molecular weight excluding hydrogens is 330 g/mol. The Morgan fingerprint density at radius 3 is 2.69 bits per heavy atom. The zero-order chi connectivity index (χ0) is 18.5. The maximum Gasteiger partial charge on any atom is 0.276 e. The molecule has 0 bridgehead atoms. The molecule has 6 nitrogen and oxygen atoms in total. The van der Waals surface area contributed by atoms with Gasteiger partial charge < -0.3 is 14.5 Å². The highest BCUT2D eigenvalue weighted by Gasteiger charge is 2.25. The molecular formula is C20H27N3O3. The summed E-state index contributed by atoms with van der Waals surface area (Å²) in [6.45, 7) is 6.87. The molecule has 2 aromatic rings. The van der Waals surface area contributed by atoms with Gasteiger partial charge in [0.1, 0.15) is 0 Å². The first-order valence-corrected chi connectivity index (χ1v) is 9.30. The van der Waals surface area contributed by atoms with Crippen LogP contribution in [0.15, 0.2) is 40.9 Å². The number of carbonyl (C=O) groups is 1. The zero-order valence-corrected chi connectivity index (χ0v) is 15.5. The third-order valence-corrected chi connectivity index (χ3v) is 5.07. The van der Waals surface area contributed by atoms with Crippen LogP contribution in [-0.4, -0.2) is 51.7 Å². The monoisotopic (exact) mass is 357 g/mol. The van der Waals surface area contributed by atoms with E-state index < -0.39 is 0 Å². The summed E-state index contributed by atoms with van der Waals surface area (Å²) in [4.78, 5) is 16.9. The Labute approximate surface area is 154 Å². The predicted octanol–water partition coefficient (Wildman–Crippen LogP) is 2.85. The molecule has 6 heteroatoms. The lowest BCUT2D eigenvalue weighted by Gasteiger charge is -2.28. The molecule has 1 atom stereocenters. The van der Waals surface area contributed by atoms with Gasteiger partial charge in [0.05, 0.1) is 18.7 Å². The minimum absolute atomic E-state index is 0.0302. The third-order valence-electron chi connectivity index (χ3n) is 5.07. The highest BCUT2D eigenvalue weighted by Crippen LogP contribution is 2.22. The summed E-state index contributed by atoms with van der Waals surface area (Å²) in [5, 5.41) is 13.6. The van der Waals surface area contributed by atoms with Crippen molar-refractivity contribution in [2.75, 3.05) is 19.6 Å². The number of rotatable bonds is 6. The lowest BCUT2D eigenvalue weighted by Crippen LogP contribution is -2.35. The Balaban J connectivity index is 1.66. The van der Waals surface area contributed by atoms with Crippen molar-refractivity contribution in [3.05, 3.63) is 53.4 Å². The molecule has 1 aliphatic heterocycles. The summed E-state index contributed by atoms with van der Waals surface area (Å²) >= 11 is 0. The van der Waals surface area contributed by atoms with Crippen molar-refractivity contribution in [1.29, 1.82) is 0 Å². The topological polar surface area (TPSA) is 69.8 Å². The predicted molar refractivity (Wildman–Crippen MR) is 98.6 cm³/mol. The summed E-state index contributed by atoms with van der Waals surface area (Å²) in [7, 11) is 0. The van der Waals surface area contributed by atoms with E-state index in [1.54, 1.807) is 11.0 Å². The van der Waals surface area contributed by atoms with Gasteiger partial charge in [-0.3, -0.25) is 9.69 Å². The van der Waals surface area contributed by atoms with E-state index in [2.05, 4.69) is 10.1 Å². The number of aromatic nitrogens is 1. The summed E-state index contributed by atoms with van der Waals surface area (Å²) in [5.74, 6) is 0.570. The molecule has 1 saturated heterocycles. The van der Waals surface area contributed by atoms with E-state index in [4.69, 9.17) is 4.52 Å². The van der Waals surface area contributed by atoms with Crippen molar-refractivity contribution in [3.8, 4) is 0 Å². The van der Waals surface area contributed by atoms with E-state index in [-0.39, 0.29) is 18.1 Å². The Bertz CT molecular complexity index is 708. The number of amides is 1. The minimum atomic E-state index is -0.198. The second-order valence-electron chi connectivity index (χ2n) is 6.86. The Morgan fingerprint density at radius 1 is 1.35 bits per heavy atom. The number of hydrogen-bond acceptors (Lipinski definition) is 5. The van der Waals surface area contributed by atoms with Gasteiger partial charge in [-0.05, 0) is 32.3 Å². The fourth-order valence-electron chi connectivity index (χ4n) is 3.44. The fourth-order valence-corrected chi connectivity index (χ4v) is 3.44. The molecule has 1 unspecified atom stereocenters. The normalized spacial score (nSPS) is 17.2. The molecule has 1 aromatic heterocycles. The molecule has 0 spiro atoms. The maximum absolute atomic E-state index is 12.9. The van der Waals surface area contributed by atoms with E-state index in [9.17, 15) is 9.90 Å². The van der Waals surface area contributed by atoms with Gasteiger partial charge in [-0.1, -0.05) is 35.5 Å². The van der Waals surface area contributed by atoms with Gasteiger partial charge in [-0.15, -0.1) is 0 Å². The third kappa shape index (κ3) is 4.31. The number of likely N-dealkylation sites (tertiary alicyclic amines) is 1. The lowest BCUT2D eigenvalue weighted by atomic mass is 10.1. The number of benzene rings is 1. The lowest BCUT2D eigenvalue weighted by molar-refractivity contribution is 0.0688. The second-order valence-corrected chi connectivity index (χ2v) is 6.86. The van der Waals surface area contributed by atoms with Crippen LogP contribution < -0.4 is 0 Å². The number of piperidine rings is 1. The molecule has 1 N–H and O–H groups in total. The standard InChI is InChI=1S/C20H27N3O3/c1-3-23(15(2)16-7-5-4-6-8-16)20(25)19-13-18(26-21-19)14-22-11-9-17(24)10-12-22/h4-8,13,15,17,24H,3,9-12,14H2,1-2H3. The van der Waals surface area contributed by atoms with Gasteiger partial charge in [-0.25, -0.2) is 0 Å². The fraction of sp³-hybridized carbons (Fsp3) is 0.500. The summed E-state index contributed by atoms with van der Waals surface area (Å²) in [5.41, 5.74) is 1.44. The van der Waals surface area contributed by atoms with E-state index >= 15 is 0 Å². The molecule has 3 rings (SSSR count). The molecule has 1 fully saturated rings. The van der Waals surface area contributed by atoms with Gasteiger partial charge in [0.2, 0.25) is 0 Å². The molecule has 2 heterocycles. The molecule has 1 amide bonds. The van der Waals surface area contributed by atoms with Crippen LogP contribution in [-0.2, 0) is 6.54 Å². The first-order valence-electron chi connectivity index (χ1n) is 9.30. The Hall–Kier alpha value is -2.18. The quantitative estimate of drug-likeness (QED) is 0.861. The van der Waals surface area contributed by atoms with Crippen LogP contribution in [0.3, 0.4) is 0 Å². The van der Waals surface area contributed by atoms with Crippen molar-refractivity contribution in [1.82, 2.24) is 15.0 Å². The van der Waals surface area contributed by atoms with E-state index in [0.29, 0.717) is 24.5 Å². The summed E-state index contributed by atoms with van der Waals surface area (Å²) < 4.78 is 5.39. The van der Waals surface area contributed by atoms with Crippen molar-refractivity contribution in [2.45, 2.75) is 45.4 Å². The average molecular weight is 357 g/mol. The van der Waals surface area contributed by atoms with Gasteiger partial charge in [0, 0.05) is 25.7 Å². The number of carbonyl (C=O) groups excluding carboxylic acids is 1. The minimum Gasteiger partial charge on any atom is -0.393 e. The smallest absolute Gasteiger partial charge is 0.276 e. The van der Waals surface area contributed by atoms with Crippen molar-refractivity contribution in [3.63, 3.8) is 0 Å². The molecule has 0 radical (unpaired) electrons. The van der Waals surface area contributed by atoms with E-state index in [1.165, 1.54) is 0 Å². The highest BCUT2D eigenvalue weighted by atomic mass is 16.5. The molecule has 0 saturated carbocycles. The maximum atomic E-state index is 12.9. The van der Waals surface area contributed by atoms with Crippen LogP contribution in [0.4, 0.5) is 0 Å². The SMILES string of the molecule is CCN(C(=O)c1cc(CN2CCC(O)CC2)on1)C(C)c1ccccc1. The Kier molecular flexibility index (Phi) is 6.06. The van der Waals surface area contributed by atoms with Crippen molar-refractivity contribution < 1.29 is 14.4 Å². The molecule has 1 aromatic carbocycles. The molecule has 26 heavy (non-hydrogen) atoms. The number of nitrogens with zero attached hydrogens (tertiary/aromatic N) is 3. The van der Waals surface area contributed by atoms with Crippen molar-refractivity contribution >= 4 is 5.91 Å². The number of hydrogen-bond donors (Lipinski definition) is 1. The molecule has 0 aliphatic carbocycles. The van der Waals surface area contributed by atoms with E-state index in [0.717, 1.165) is 31.5 Å².